The molecule has 0 amide bonds. The fourth-order valence-electron chi connectivity index (χ4n) is 1.81. The van der Waals surface area contributed by atoms with Crippen molar-refractivity contribution >= 4 is 17.3 Å². The minimum atomic E-state index is 0.667. The molecular formula is C15H16ClNO. The molecule has 0 bridgehead atoms. The lowest BCUT2D eigenvalue weighted by atomic mass is 10.2. The molecule has 18 heavy (non-hydrogen) atoms. The van der Waals surface area contributed by atoms with Crippen molar-refractivity contribution in [2.75, 3.05) is 12.2 Å². The Morgan fingerprint density at radius 3 is 2.44 bits per heavy atom. The first-order valence-corrected chi connectivity index (χ1v) is 6.20. The second kappa shape index (κ2) is 5.89. The molecule has 0 spiro atoms. The van der Waals surface area contributed by atoms with Crippen LogP contribution in [-0.4, -0.2) is 7.11 Å². The number of anilines is 1. The van der Waals surface area contributed by atoms with Crippen molar-refractivity contribution in [1.29, 1.82) is 0 Å². The highest BCUT2D eigenvalue weighted by Gasteiger charge is 2.10. The van der Waals surface area contributed by atoms with Crippen LogP contribution in [0.5, 0.6) is 0 Å². The Hall–Kier alpha value is -1.51. The molecule has 0 atom stereocenters. The van der Waals surface area contributed by atoms with Crippen molar-refractivity contribution in [3.8, 4) is 0 Å². The van der Waals surface area contributed by atoms with Crippen molar-refractivity contribution < 1.29 is 4.84 Å². The SMILES string of the molecule is CON(Cc1ccccc1)c1ccc(C)cc1Cl. The van der Waals surface area contributed by atoms with Crippen molar-refractivity contribution in [1.82, 2.24) is 0 Å². The summed E-state index contributed by atoms with van der Waals surface area (Å²) < 4.78 is 0. The predicted octanol–water partition coefficient (Wildman–Crippen LogP) is 4.22. The Morgan fingerprint density at radius 2 is 1.83 bits per heavy atom. The van der Waals surface area contributed by atoms with E-state index in [-0.39, 0.29) is 0 Å². The summed E-state index contributed by atoms with van der Waals surface area (Å²) in [5.74, 6) is 0. The van der Waals surface area contributed by atoms with Gasteiger partial charge in [-0.3, -0.25) is 4.84 Å². The van der Waals surface area contributed by atoms with Gasteiger partial charge in [-0.2, -0.15) is 0 Å². The van der Waals surface area contributed by atoms with Crippen molar-refractivity contribution in [3.63, 3.8) is 0 Å². The molecule has 0 fully saturated rings. The van der Waals surface area contributed by atoms with Crippen LogP contribution in [0, 0.1) is 6.92 Å². The standard InChI is InChI=1S/C15H16ClNO/c1-12-8-9-15(14(16)10-12)17(18-2)11-13-6-4-3-5-7-13/h3-10H,11H2,1-2H3. The quantitative estimate of drug-likeness (QED) is 0.764. The largest absolute Gasteiger partial charge is 0.276 e. The third-order valence-electron chi connectivity index (χ3n) is 2.76. The fourth-order valence-corrected chi connectivity index (χ4v) is 2.14. The van der Waals surface area contributed by atoms with Gasteiger partial charge < -0.3 is 0 Å². The summed E-state index contributed by atoms with van der Waals surface area (Å²) in [6, 6.07) is 16.1. The molecule has 2 aromatic carbocycles. The van der Waals surface area contributed by atoms with Crippen LogP contribution in [0.15, 0.2) is 48.5 Å². The van der Waals surface area contributed by atoms with E-state index in [2.05, 4.69) is 12.1 Å². The molecule has 2 nitrogen and oxygen atoms in total. The number of aryl methyl sites for hydroxylation is 1. The smallest absolute Gasteiger partial charge is 0.0826 e. The molecule has 0 heterocycles. The van der Waals surface area contributed by atoms with Gasteiger partial charge in [0.05, 0.1) is 24.4 Å². The zero-order valence-corrected chi connectivity index (χ0v) is 11.3. The first-order chi connectivity index (χ1) is 8.70. The monoisotopic (exact) mass is 261 g/mol. The number of hydrogen-bond acceptors (Lipinski definition) is 2. The first kappa shape index (κ1) is 12.9. The molecule has 0 aromatic heterocycles. The molecule has 0 saturated heterocycles. The van der Waals surface area contributed by atoms with Crippen molar-refractivity contribution in [3.05, 3.63) is 64.7 Å². The lowest BCUT2D eigenvalue weighted by Crippen LogP contribution is -2.21. The molecule has 3 heteroatoms. The summed E-state index contributed by atoms with van der Waals surface area (Å²) in [5, 5.41) is 2.49. The molecule has 2 rings (SSSR count). The molecule has 0 unspecified atom stereocenters. The number of rotatable bonds is 4. The average molecular weight is 262 g/mol. The van der Waals surface area contributed by atoms with E-state index in [1.807, 2.05) is 43.3 Å². The van der Waals surface area contributed by atoms with Crippen molar-refractivity contribution in [2.24, 2.45) is 0 Å². The summed E-state index contributed by atoms with van der Waals surface area (Å²) in [5.41, 5.74) is 3.20. The molecular weight excluding hydrogens is 246 g/mol. The molecule has 0 aliphatic heterocycles. The van der Waals surface area contributed by atoms with Crippen LogP contribution in [-0.2, 0) is 11.4 Å². The number of nitrogens with zero attached hydrogens (tertiary/aromatic N) is 1. The van der Waals surface area contributed by atoms with Gasteiger partial charge in [0, 0.05) is 0 Å². The van der Waals surface area contributed by atoms with E-state index >= 15 is 0 Å². The van der Waals surface area contributed by atoms with Gasteiger partial charge in [0.25, 0.3) is 0 Å². The lowest BCUT2D eigenvalue weighted by Gasteiger charge is -2.23. The van der Waals surface area contributed by atoms with E-state index < -0.39 is 0 Å². The van der Waals surface area contributed by atoms with Crippen LogP contribution in [0.1, 0.15) is 11.1 Å². The summed E-state index contributed by atoms with van der Waals surface area (Å²) >= 11 is 6.25. The van der Waals surface area contributed by atoms with Gasteiger partial charge in [0.2, 0.25) is 0 Å². The third kappa shape index (κ3) is 3.03. The predicted molar refractivity (Wildman–Crippen MR) is 75.8 cm³/mol. The minimum Gasteiger partial charge on any atom is -0.276 e. The third-order valence-corrected chi connectivity index (χ3v) is 3.06. The molecule has 0 aliphatic carbocycles. The Morgan fingerprint density at radius 1 is 1.11 bits per heavy atom. The van der Waals surface area contributed by atoms with Crippen LogP contribution in [0.25, 0.3) is 0 Å². The minimum absolute atomic E-state index is 0.667. The Balaban J connectivity index is 2.23. The van der Waals surface area contributed by atoms with Gasteiger partial charge >= 0.3 is 0 Å². The maximum Gasteiger partial charge on any atom is 0.0826 e. The highest BCUT2D eigenvalue weighted by Crippen LogP contribution is 2.28. The maximum atomic E-state index is 6.25. The highest BCUT2D eigenvalue weighted by atomic mass is 35.5. The van der Waals surface area contributed by atoms with Gasteiger partial charge in [0.15, 0.2) is 0 Å². The van der Waals surface area contributed by atoms with E-state index in [4.69, 9.17) is 16.4 Å². The molecule has 0 radical (unpaired) electrons. The van der Waals surface area contributed by atoms with E-state index in [0.29, 0.717) is 11.6 Å². The number of hydroxylamine groups is 1. The number of benzene rings is 2. The molecule has 2 aromatic rings. The van der Waals surface area contributed by atoms with E-state index in [1.165, 1.54) is 5.56 Å². The van der Waals surface area contributed by atoms with E-state index in [1.54, 1.807) is 12.2 Å². The Kier molecular flexibility index (Phi) is 4.24. The van der Waals surface area contributed by atoms with E-state index in [0.717, 1.165) is 11.3 Å². The van der Waals surface area contributed by atoms with Gasteiger partial charge in [-0.05, 0) is 30.2 Å². The summed E-state index contributed by atoms with van der Waals surface area (Å²) in [6.07, 6.45) is 0. The van der Waals surface area contributed by atoms with Crippen LogP contribution in [0.4, 0.5) is 5.69 Å². The van der Waals surface area contributed by atoms with Crippen molar-refractivity contribution in [2.45, 2.75) is 13.5 Å². The Labute approximate surface area is 113 Å². The summed E-state index contributed by atoms with van der Waals surface area (Å²) in [7, 11) is 1.65. The van der Waals surface area contributed by atoms with Gasteiger partial charge in [0.1, 0.15) is 0 Å². The van der Waals surface area contributed by atoms with Gasteiger partial charge in [-0.15, -0.1) is 0 Å². The molecule has 0 saturated carbocycles. The fraction of sp³-hybridized carbons (Fsp3) is 0.200. The van der Waals surface area contributed by atoms with Crippen LogP contribution >= 0.6 is 11.6 Å². The van der Waals surface area contributed by atoms with Crippen LogP contribution in [0.3, 0.4) is 0 Å². The number of hydrogen-bond donors (Lipinski definition) is 0. The lowest BCUT2D eigenvalue weighted by molar-refractivity contribution is 0.163. The van der Waals surface area contributed by atoms with Crippen LogP contribution in [0.2, 0.25) is 5.02 Å². The van der Waals surface area contributed by atoms with E-state index in [9.17, 15) is 0 Å². The molecule has 0 aliphatic rings. The maximum absolute atomic E-state index is 6.25. The van der Waals surface area contributed by atoms with Gasteiger partial charge in [-0.1, -0.05) is 48.0 Å². The average Bonchev–Trinajstić information content (AvgIpc) is 2.38. The second-order valence-corrected chi connectivity index (χ2v) is 4.57. The summed E-state index contributed by atoms with van der Waals surface area (Å²) in [4.78, 5) is 5.41. The normalized spacial score (nSPS) is 10.4. The zero-order chi connectivity index (χ0) is 13.0. The zero-order valence-electron chi connectivity index (χ0n) is 10.6. The van der Waals surface area contributed by atoms with Gasteiger partial charge in [-0.25, -0.2) is 5.06 Å². The topological polar surface area (TPSA) is 12.5 Å². The summed E-state index contributed by atoms with van der Waals surface area (Å²) in [6.45, 7) is 2.68. The molecule has 0 N–H and O–H groups in total. The second-order valence-electron chi connectivity index (χ2n) is 4.16. The highest BCUT2D eigenvalue weighted by molar-refractivity contribution is 6.33. The molecule has 94 valence electrons. The Bertz CT molecular complexity index is 513. The number of halogens is 1. The first-order valence-electron chi connectivity index (χ1n) is 5.82. The van der Waals surface area contributed by atoms with Crippen LogP contribution < -0.4 is 5.06 Å².